The molecule has 0 atom stereocenters. The summed E-state index contributed by atoms with van der Waals surface area (Å²) in [6, 6.07) is 15.9. The predicted molar refractivity (Wildman–Crippen MR) is 91.4 cm³/mol. The Morgan fingerprint density at radius 3 is 2.43 bits per heavy atom. The Labute approximate surface area is 135 Å². The number of aromatic nitrogens is 2. The average Bonchev–Trinajstić information content (AvgIpc) is 2.62. The molecule has 0 amide bonds. The molecule has 0 aliphatic heterocycles. The van der Waals surface area contributed by atoms with Crippen LogP contribution < -0.4 is 5.73 Å². The highest BCUT2D eigenvalue weighted by molar-refractivity contribution is 5.84. The van der Waals surface area contributed by atoms with Gasteiger partial charge in [-0.3, -0.25) is 4.98 Å². The number of nitrogens with zero attached hydrogens (tertiary/aromatic N) is 3. The van der Waals surface area contributed by atoms with Crippen LogP contribution in [0.1, 0.15) is 18.1 Å². The summed E-state index contributed by atoms with van der Waals surface area (Å²) in [6.07, 6.45) is 4.21. The monoisotopic (exact) mass is 300 g/mol. The molecule has 112 valence electrons. The number of pyridine rings is 2. The van der Waals surface area contributed by atoms with Gasteiger partial charge in [0.15, 0.2) is 0 Å². The summed E-state index contributed by atoms with van der Waals surface area (Å²) in [7, 11) is 0. The highest BCUT2D eigenvalue weighted by Gasteiger charge is 2.19. The van der Waals surface area contributed by atoms with Crippen LogP contribution in [-0.4, -0.2) is 9.97 Å². The van der Waals surface area contributed by atoms with E-state index >= 15 is 0 Å². The Morgan fingerprint density at radius 1 is 1.09 bits per heavy atom. The molecule has 4 heteroatoms. The van der Waals surface area contributed by atoms with E-state index in [9.17, 15) is 5.26 Å². The molecule has 0 saturated carbocycles. The van der Waals surface area contributed by atoms with E-state index in [0.29, 0.717) is 5.56 Å². The zero-order valence-electron chi connectivity index (χ0n) is 12.8. The maximum absolute atomic E-state index is 9.55. The molecule has 0 unspecified atom stereocenters. The molecule has 0 spiro atoms. The molecule has 3 rings (SSSR count). The smallest absolute Gasteiger partial charge is 0.142 e. The number of rotatable bonds is 3. The summed E-state index contributed by atoms with van der Waals surface area (Å²) in [5.41, 5.74) is 11.0. The van der Waals surface area contributed by atoms with E-state index in [1.807, 2.05) is 42.5 Å². The predicted octanol–water partition coefficient (Wildman–Crippen LogP) is 3.83. The van der Waals surface area contributed by atoms with Gasteiger partial charge in [0.2, 0.25) is 0 Å². The number of nitriles is 1. The minimum Gasteiger partial charge on any atom is -0.383 e. The van der Waals surface area contributed by atoms with Crippen molar-refractivity contribution in [1.29, 1.82) is 5.26 Å². The zero-order chi connectivity index (χ0) is 16.2. The average molecular weight is 300 g/mol. The van der Waals surface area contributed by atoms with E-state index in [4.69, 9.17) is 5.73 Å². The van der Waals surface area contributed by atoms with E-state index in [0.717, 1.165) is 34.4 Å². The molecule has 23 heavy (non-hydrogen) atoms. The SMILES string of the molecule is CCc1c(-c2ccccc2)nc(N)c(C#N)c1-c1cccnc1. The Morgan fingerprint density at radius 2 is 1.83 bits per heavy atom. The van der Waals surface area contributed by atoms with Crippen molar-refractivity contribution >= 4 is 5.82 Å². The normalized spacial score (nSPS) is 10.3. The molecular weight excluding hydrogens is 284 g/mol. The Hall–Kier alpha value is -3.19. The molecule has 3 aromatic rings. The van der Waals surface area contributed by atoms with Crippen molar-refractivity contribution < 1.29 is 0 Å². The minimum absolute atomic E-state index is 0.252. The maximum atomic E-state index is 9.55. The summed E-state index contributed by atoms with van der Waals surface area (Å²) in [5.74, 6) is 0.252. The second kappa shape index (κ2) is 6.29. The van der Waals surface area contributed by atoms with Crippen LogP contribution in [0.25, 0.3) is 22.4 Å². The second-order valence-electron chi connectivity index (χ2n) is 5.15. The third-order valence-electron chi connectivity index (χ3n) is 3.79. The van der Waals surface area contributed by atoms with Gasteiger partial charge in [0, 0.05) is 29.1 Å². The first kappa shape index (κ1) is 14.7. The summed E-state index contributed by atoms with van der Waals surface area (Å²) >= 11 is 0. The van der Waals surface area contributed by atoms with Gasteiger partial charge in [0.25, 0.3) is 0 Å². The lowest BCUT2D eigenvalue weighted by Gasteiger charge is -2.16. The molecule has 2 aromatic heterocycles. The minimum atomic E-state index is 0.252. The molecule has 0 bridgehead atoms. The zero-order valence-corrected chi connectivity index (χ0v) is 12.8. The van der Waals surface area contributed by atoms with Crippen LogP contribution in [0.3, 0.4) is 0 Å². The maximum Gasteiger partial charge on any atom is 0.142 e. The van der Waals surface area contributed by atoms with Crippen LogP contribution in [0.2, 0.25) is 0 Å². The van der Waals surface area contributed by atoms with E-state index < -0.39 is 0 Å². The number of nitrogen functional groups attached to an aromatic ring is 1. The van der Waals surface area contributed by atoms with Gasteiger partial charge in [-0.1, -0.05) is 43.3 Å². The molecule has 0 fully saturated rings. The van der Waals surface area contributed by atoms with Crippen LogP contribution in [0.15, 0.2) is 54.9 Å². The molecule has 0 radical (unpaired) electrons. The van der Waals surface area contributed by atoms with Gasteiger partial charge in [0.1, 0.15) is 17.5 Å². The molecule has 0 saturated heterocycles. The van der Waals surface area contributed by atoms with Crippen molar-refractivity contribution in [3.05, 3.63) is 66.0 Å². The van der Waals surface area contributed by atoms with Gasteiger partial charge in [-0.2, -0.15) is 5.26 Å². The van der Waals surface area contributed by atoms with Gasteiger partial charge in [0.05, 0.1) is 5.69 Å². The third-order valence-corrected chi connectivity index (χ3v) is 3.79. The molecule has 1 aromatic carbocycles. The van der Waals surface area contributed by atoms with E-state index in [-0.39, 0.29) is 5.82 Å². The number of anilines is 1. The summed E-state index contributed by atoms with van der Waals surface area (Å²) in [6.45, 7) is 2.06. The van der Waals surface area contributed by atoms with Gasteiger partial charge in [-0.05, 0) is 18.1 Å². The molecule has 2 heterocycles. The lowest BCUT2D eigenvalue weighted by Crippen LogP contribution is -2.05. The van der Waals surface area contributed by atoms with E-state index in [1.165, 1.54) is 0 Å². The largest absolute Gasteiger partial charge is 0.383 e. The van der Waals surface area contributed by atoms with Crippen LogP contribution in [0, 0.1) is 11.3 Å². The highest BCUT2D eigenvalue weighted by atomic mass is 14.9. The van der Waals surface area contributed by atoms with Crippen LogP contribution in [0.4, 0.5) is 5.82 Å². The first-order chi connectivity index (χ1) is 11.3. The highest BCUT2D eigenvalue weighted by Crippen LogP contribution is 2.36. The van der Waals surface area contributed by atoms with E-state index in [1.54, 1.807) is 12.4 Å². The van der Waals surface area contributed by atoms with Gasteiger partial charge < -0.3 is 5.73 Å². The number of hydrogen-bond acceptors (Lipinski definition) is 4. The topological polar surface area (TPSA) is 75.6 Å². The van der Waals surface area contributed by atoms with Gasteiger partial charge in [-0.15, -0.1) is 0 Å². The number of benzene rings is 1. The second-order valence-corrected chi connectivity index (χ2v) is 5.15. The fourth-order valence-corrected chi connectivity index (χ4v) is 2.76. The molecule has 4 nitrogen and oxygen atoms in total. The number of nitrogens with two attached hydrogens (primary N) is 1. The van der Waals surface area contributed by atoms with Crippen molar-refractivity contribution in [2.24, 2.45) is 0 Å². The summed E-state index contributed by atoms with van der Waals surface area (Å²) in [4.78, 5) is 8.68. The Bertz CT molecular complexity index is 865. The quantitative estimate of drug-likeness (QED) is 0.797. The molecular formula is C19H16N4. The van der Waals surface area contributed by atoms with Crippen LogP contribution >= 0.6 is 0 Å². The molecule has 2 N–H and O–H groups in total. The molecule has 0 aliphatic carbocycles. The van der Waals surface area contributed by atoms with Crippen molar-refractivity contribution in [2.45, 2.75) is 13.3 Å². The standard InChI is InChI=1S/C19H16N4/c1-2-15-17(14-9-6-10-22-12-14)16(11-20)19(21)23-18(15)13-7-4-3-5-8-13/h3-10,12H,2H2,1H3,(H2,21,23). The first-order valence-electron chi connectivity index (χ1n) is 7.44. The van der Waals surface area contributed by atoms with Crippen molar-refractivity contribution in [1.82, 2.24) is 9.97 Å². The van der Waals surface area contributed by atoms with E-state index in [2.05, 4.69) is 23.0 Å². The lowest BCUT2D eigenvalue weighted by molar-refractivity contribution is 1.11. The van der Waals surface area contributed by atoms with Crippen LogP contribution in [0.5, 0.6) is 0 Å². The lowest BCUT2D eigenvalue weighted by atomic mass is 9.91. The Kier molecular flexibility index (Phi) is 4.03. The fraction of sp³-hybridized carbons (Fsp3) is 0.105. The fourth-order valence-electron chi connectivity index (χ4n) is 2.76. The first-order valence-corrected chi connectivity index (χ1v) is 7.44. The summed E-state index contributed by atoms with van der Waals surface area (Å²) in [5, 5.41) is 9.55. The van der Waals surface area contributed by atoms with Gasteiger partial charge >= 0.3 is 0 Å². The van der Waals surface area contributed by atoms with Gasteiger partial charge in [-0.25, -0.2) is 4.98 Å². The van der Waals surface area contributed by atoms with Crippen molar-refractivity contribution in [3.8, 4) is 28.5 Å². The third kappa shape index (κ3) is 2.65. The molecule has 0 aliphatic rings. The number of hydrogen-bond donors (Lipinski definition) is 1. The van der Waals surface area contributed by atoms with Crippen molar-refractivity contribution in [3.63, 3.8) is 0 Å². The Balaban J connectivity index is 2.38. The van der Waals surface area contributed by atoms with Crippen molar-refractivity contribution in [2.75, 3.05) is 5.73 Å². The summed E-state index contributed by atoms with van der Waals surface area (Å²) < 4.78 is 0. The van der Waals surface area contributed by atoms with Crippen LogP contribution in [-0.2, 0) is 6.42 Å².